The molecular formula is C11H14F3NO2S. The summed E-state index contributed by atoms with van der Waals surface area (Å²) < 4.78 is 51.0. The Morgan fingerprint density at radius 1 is 1.22 bits per heavy atom. The molecule has 0 fully saturated rings. The summed E-state index contributed by atoms with van der Waals surface area (Å²) in [6.07, 6.45) is -4.02. The minimum atomic E-state index is -4.69. The van der Waals surface area contributed by atoms with Crippen LogP contribution in [0.15, 0.2) is 24.3 Å². The van der Waals surface area contributed by atoms with Crippen LogP contribution in [0.1, 0.15) is 12.0 Å². The van der Waals surface area contributed by atoms with E-state index in [9.17, 15) is 17.4 Å². The van der Waals surface area contributed by atoms with Crippen LogP contribution >= 0.6 is 0 Å². The standard InChI is InChI=1S/C11H14F3NO2S/c12-11(13,14)17-10-4-2-9(3-5-10)8-18(16)7-1-6-15/h2-5H,1,6-8,15H2. The predicted molar refractivity (Wildman–Crippen MR) is 63.5 cm³/mol. The van der Waals surface area contributed by atoms with Crippen molar-refractivity contribution in [3.05, 3.63) is 29.8 Å². The fourth-order valence-electron chi connectivity index (χ4n) is 1.29. The fraction of sp³-hybridized carbons (Fsp3) is 0.455. The smallest absolute Gasteiger partial charge is 0.406 e. The van der Waals surface area contributed by atoms with Crippen LogP contribution in [0.25, 0.3) is 0 Å². The highest BCUT2D eigenvalue weighted by molar-refractivity contribution is 7.84. The topological polar surface area (TPSA) is 52.3 Å². The number of alkyl halides is 3. The first kappa shape index (κ1) is 15.0. The molecule has 7 heteroatoms. The van der Waals surface area contributed by atoms with Crippen molar-refractivity contribution >= 4 is 10.8 Å². The number of benzene rings is 1. The number of nitrogens with two attached hydrogens (primary N) is 1. The van der Waals surface area contributed by atoms with Gasteiger partial charge in [0.2, 0.25) is 0 Å². The van der Waals surface area contributed by atoms with Gasteiger partial charge in [-0.2, -0.15) is 0 Å². The van der Waals surface area contributed by atoms with Crippen LogP contribution in [-0.4, -0.2) is 22.9 Å². The molecule has 0 bridgehead atoms. The van der Waals surface area contributed by atoms with Crippen LogP contribution in [0, 0.1) is 0 Å². The molecular weight excluding hydrogens is 267 g/mol. The highest BCUT2D eigenvalue weighted by Gasteiger charge is 2.30. The largest absolute Gasteiger partial charge is 0.573 e. The van der Waals surface area contributed by atoms with Gasteiger partial charge < -0.3 is 10.5 Å². The second-order valence-electron chi connectivity index (χ2n) is 3.62. The Morgan fingerprint density at radius 2 is 1.83 bits per heavy atom. The van der Waals surface area contributed by atoms with Gasteiger partial charge in [-0.05, 0) is 30.7 Å². The second kappa shape index (κ2) is 6.75. The van der Waals surface area contributed by atoms with Crippen molar-refractivity contribution in [2.45, 2.75) is 18.5 Å². The van der Waals surface area contributed by atoms with E-state index in [1.54, 1.807) is 0 Å². The summed E-state index contributed by atoms with van der Waals surface area (Å²) >= 11 is 0. The van der Waals surface area contributed by atoms with E-state index in [2.05, 4.69) is 4.74 Å². The Balaban J connectivity index is 2.52. The molecule has 1 rings (SSSR count). The summed E-state index contributed by atoms with van der Waals surface area (Å²) in [4.78, 5) is 0. The predicted octanol–water partition coefficient (Wildman–Crippen LogP) is 2.18. The lowest BCUT2D eigenvalue weighted by atomic mass is 10.2. The average Bonchev–Trinajstić information content (AvgIpc) is 2.27. The molecule has 0 heterocycles. The third-order valence-electron chi connectivity index (χ3n) is 2.06. The first-order chi connectivity index (χ1) is 8.40. The van der Waals surface area contributed by atoms with Gasteiger partial charge in [0.05, 0.1) is 0 Å². The summed E-state index contributed by atoms with van der Waals surface area (Å²) in [5.74, 6) is 0.530. The quantitative estimate of drug-likeness (QED) is 0.869. The Morgan fingerprint density at radius 3 is 2.33 bits per heavy atom. The van der Waals surface area contributed by atoms with E-state index in [-0.39, 0.29) is 5.75 Å². The summed E-state index contributed by atoms with van der Waals surface area (Å²) in [5, 5.41) is 0. The lowest BCUT2D eigenvalue weighted by Gasteiger charge is -2.09. The maximum absolute atomic E-state index is 11.9. The van der Waals surface area contributed by atoms with Crippen LogP contribution < -0.4 is 10.5 Å². The SMILES string of the molecule is NCCCS(=O)Cc1ccc(OC(F)(F)F)cc1. The molecule has 0 saturated carbocycles. The molecule has 18 heavy (non-hydrogen) atoms. The van der Waals surface area contributed by atoms with E-state index < -0.39 is 17.2 Å². The molecule has 2 N–H and O–H groups in total. The highest BCUT2D eigenvalue weighted by Crippen LogP contribution is 2.22. The lowest BCUT2D eigenvalue weighted by Crippen LogP contribution is -2.17. The summed E-state index contributed by atoms with van der Waals surface area (Å²) in [5.41, 5.74) is 6.00. The van der Waals surface area contributed by atoms with E-state index in [1.807, 2.05) is 0 Å². The van der Waals surface area contributed by atoms with Crippen molar-refractivity contribution in [2.24, 2.45) is 5.73 Å². The Bertz CT molecular complexity index is 392. The lowest BCUT2D eigenvalue weighted by molar-refractivity contribution is -0.274. The third kappa shape index (κ3) is 6.02. The molecule has 0 aliphatic carbocycles. The highest BCUT2D eigenvalue weighted by atomic mass is 32.2. The monoisotopic (exact) mass is 281 g/mol. The fourth-order valence-corrected chi connectivity index (χ4v) is 2.49. The molecule has 1 unspecified atom stereocenters. The summed E-state index contributed by atoms with van der Waals surface area (Å²) in [6.45, 7) is 0.476. The number of halogens is 3. The molecule has 0 amide bonds. The second-order valence-corrected chi connectivity index (χ2v) is 5.20. The van der Waals surface area contributed by atoms with Crippen molar-refractivity contribution in [1.29, 1.82) is 0 Å². The maximum atomic E-state index is 11.9. The average molecular weight is 281 g/mol. The van der Waals surface area contributed by atoms with E-state index in [0.29, 0.717) is 30.0 Å². The number of ether oxygens (including phenoxy) is 1. The molecule has 0 aromatic heterocycles. The van der Waals surface area contributed by atoms with Gasteiger partial charge >= 0.3 is 6.36 Å². The molecule has 1 aromatic rings. The Kier molecular flexibility index (Phi) is 5.61. The minimum Gasteiger partial charge on any atom is -0.406 e. The van der Waals surface area contributed by atoms with Crippen LogP contribution in [0.2, 0.25) is 0 Å². The zero-order valence-electron chi connectivity index (χ0n) is 9.57. The molecule has 1 aromatic carbocycles. The molecule has 0 saturated heterocycles. The zero-order chi connectivity index (χ0) is 13.6. The molecule has 1 atom stereocenters. The first-order valence-electron chi connectivity index (χ1n) is 5.30. The molecule has 0 aliphatic heterocycles. The summed E-state index contributed by atoms with van der Waals surface area (Å²) in [7, 11) is -1.04. The van der Waals surface area contributed by atoms with Gasteiger partial charge in [0, 0.05) is 22.3 Å². The number of rotatable bonds is 6. The molecule has 0 aliphatic rings. The van der Waals surface area contributed by atoms with E-state index in [4.69, 9.17) is 5.73 Å². The normalized spacial score (nSPS) is 13.3. The number of hydrogen-bond donors (Lipinski definition) is 1. The first-order valence-corrected chi connectivity index (χ1v) is 6.79. The van der Waals surface area contributed by atoms with Gasteiger partial charge in [-0.25, -0.2) is 0 Å². The number of hydrogen-bond acceptors (Lipinski definition) is 3. The van der Waals surface area contributed by atoms with E-state index in [0.717, 1.165) is 0 Å². The Hall–Kier alpha value is -1.08. The van der Waals surface area contributed by atoms with Crippen LogP contribution in [0.4, 0.5) is 13.2 Å². The van der Waals surface area contributed by atoms with E-state index >= 15 is 0 Å². The molecule has 3 nitrogen and oxygen atoms in total. The van der Waals surface area contributed by atoms with Crippen molar-refractivity contribution in [3.63, 3.8) is 0 Å². The van der Waals surface area contributed by atoms with Gasteiger partial charge in [-0.1, -0.05) is 12.1 Å². The van der Waals surface area contributed by atoms with Crippen LogP contribution in [-0.2, 0) is 16.6 Å². The van der Waals surface area contributed by atoms with Crippen molar-refractivity contribution in [1.82, 2.24) is 0 Å². The zero-order valence-corrected chi connectivity index (χ0v) is 10.4. The summed E-state index contributed by atoms with van der Waals surface area (Å²) in [6, 6.07) is 5.37. The van der Waals surface area contributed by atoms with Gasteiger partial charge in [0.25, 0.3) is 0 Å². The van der Waals surface area contributed by atoms with Crippen LogP contribution in [0.3, 0.4) is 0 Å². The van der Waals surface area contributed by atoms with E-state index in [1.165, 1.54) is 24.3 Å². The van der Waals surface area contributed by atoms with Crippen molar-refractivity contribution < 1.29 is 22.1 Å². The minimum absolute atomic E-state index is 0.279. The van der Waals surface area contributed by atoms with Gasteiger partial charge in [0.1, 0.15) is 5.75 Å². The van der Waals surface area contributed by atoms with Crippen molar-refractivity contribution in [2.75, 3.05) is 12.3 Å². The maximum Gasteiger partial charge on any atom is 0.573 e. The van der Waals surface area contributed by atoms with Gasteiger partial charge in [0.15, 0.2) is 0 Å². The van der Waals surface area contributed by atoms with Gasteiger partial charge in [-0.3, -0.25) is 4.21 Å². The van der Waals surface area contributed by atoms with Crippen molar-refractivity contribution in [3.8, 4) is 5.75 Å². The third-order valence-corrected chi connectivity index (χ3v) is 3.46. The van der Waals surface area contributed by atoms with Gasteiger partial charge in [-0.15, -0.1) is 13.2 Å². The molecule has 102 valence electrons. The van der Waals surface area contributed by atoms with Crippen LogP contribution in [0.5, 0.6) is 5.75 Å². The molecule has 0 spiro atoms. The Labute approximate surface area is 106 Å². The molecule has 0 radical (unpaired) electrons.